The Morgan fingerprint density at radius 2 is 2.43 bits per heavy atom. The maximum absolute atomic E-state index is 2.29. The van der Waals surface area contributed by atoms with E-state index in [1.54, 1.807) is 11.1 Å². The van der Waals surface area contributed by atoms with Crippen LogP contribution in [0.2, 0.25) is 0 Å². The summed E-state index contributed by atoms with van der Waals surface area (Å²) < 4.78 is 0. The molecule has 38 valence electrons. The number of fused-ring (bicyclic) bond motifs is 1. The highest BCUT2D eigenvalue weighted by Crippen LogP contribution is 2.47. The van der Waals surface area contributed by atoms with Crippen LogP contribution in [0.1, 0.15) is 26.2 Å². The standard InChI is InChI=1S/C7H10/c1-5-6-2-3-7(5)4-6/h6H,2-4H2,1H3. The summed E-state index contributed by atoms with van der Waals surface area (Å²) in [4.78, 5) is 0. The van der Waals surface area contributed by atoms with Crippen molar-refractivity contribution in [2.24, 2.45) is 5.92 Å². The number of hydrogen-bond acceptors (Lipinski definition) is 0. The van der Waals surface area contributed by atoms with Crippen molar-refractivity contribution < 1.29 is 0 Å². The van der Waals surface area contributed by atoms with Crippen molar-refractivity contribution >= 4 is 0 Å². The van der Waals surface area contributed by atoms with Crippen molar-refractivity contribution in [2.75, 3.05) is 0 Å². The zero-order valence-corrected chi connectivity index (χ0v) is 4.70. The van der Waals surface area contributed by atoms with Gasteiger partial charge in [0.15, 0.2) is 0 Å². The van der Waals surface area contributed by atoms with Gasteiger partial charge < -0.3 is 0 Å². The van der Waals surface area contributed by atoms with Crippen LogP contribution in [-0.4, -0.2) is 0 Å². The maximum atomic E-state index is 2.29. The average Bonchev–Trinajstić information content (AvgIpc) is 2.18. The van der Waals surface area contributed by atoms with Crippen LogP contribution in [0, 0.1) is 5.92 Å². The Morgan fingerprint density at radius 1 is 1.57 bits per heavy atom. The van der Waals surface area contributed by atoms with Crippen LogP contribution in [0.4, 0.5) is 0 Å². The SMILES string of the molecule is CC1=C2CCC1C2. The summed E-state index contributed by atoms with van der Waals surface area (Å²) in [5.41, 5.74) is 3.49. The molecule has 0 spiro atoms. The molecule has 7 heavy (non-hydrogen) atoms. The summed E-state index contributed by atoms with van der Waals surface area (Å²) in [6.07, 6.45) is 4.35. The highest BCUT2D eigenvalue weighted by atomic mass is 14.4. The molecule has 3 rings (SSSR count). The average molecular weight is 94.2 g/mol. The molecule has 0 nitrogen and oxygen atoms in total. The van der Waals surface area contributed by atoms with Crippen LogP contribution in [0.5, 0.6) is 0 Å². The van der Waals surface area contributed by atoms with Gasteiger partial charge in [-0.3, -0.25) is 0 Å². The number of rotatable bonds is 0. The molecule has 2 bridgehead atoms. The minimum Gasteiger partial charge on any atom is -0.0707 e. The summed E-state index contributed by atoms with van der Waals surface area (Å²) in [6.45, 7) is 2.29. The van der Waals surface area contributed by atoms with Gasteiger partial charge in [-0.15, -0.1) is 0 Å². The molecule has 0 aromatic carbocycles. The Hall–Kier alpha value is -0.260. The third-order valence-electron chi connectivity index (χ3n) is 2.46. The topological polar surface area (TPSA) is 0 Å². The van der Waals surface area contributed by atoms with Crippen molar-refractivity contribution in [3.05, 3.63) is 11.1 Å². The van der Waals surface area contributed by atoms with Gasteiger partial charge in [0, 0.05) is 0 Å². The lowest BCUT2D eigenvalue weighted by atomic mass is 9.87. The van der Waals surface area contributed by atoms with Crippen molar-refractivity contribution in [3.8, 4) is 0 Å². The summed E-state index contributed by atoms with van der Waals surface area (Å²) in [5, 5.41) is 0. The Labute approximate surface area is 44.2 Å². The van der Waals surface area contributed by atoms with Gasteiger partial charge >= 0.3 is 0 Å². The molecule has 0 N–H and O–H groups in total. The third kappa shape index (κ3) is 0.287. The first kappa shape index (κ1) is 3.71. The molecule has 1 saturated carbocycles. The van der Waals surface area contributed by atoms with Gasteiger partial charge in [-0.1, -0.05) is 11.1 Å². The zero-order valence-electron chi connectivity index (χ0n) is 4.70. The number of hydrogen-bond donors (Lipinski definition) is 0. The van der Waals surface area contributed by atoms with Gasteiger partial charge in [-0.25, -0.2) is 0 Å². The fraction of sp³-hybridized carbons (Fsp3) is 0.714. The van der Waals surface area contributed by atoms with E-state index < -0.39 is 0 Å². The highest BCUT2D eigenvalue weighted by Gasteiger charge is 2.31. The molecule has 3 aliphatic carbocycles. The van der Waals surface area contributed by atoms with E-state index in [0.717, 1.165) is 5.92 Å². The van der Waals surface area contributed by atoms with E-state index >= 15 is 0 Å². The summed E-state index contributed by atoms with van der Waals surface area (Å²) in [7, 11) is 0. The first-order chi connectivity index (χ1) is 3.38. The van der Waals surface area contributed by atoms with Crippen LogP contribution >= 0.6 is 0 Å². The van der Waals surface area contributed by atoms with Crippen molar-refractivity contribution in [1.82, 2.24) is 0 Å². The molecule has 0 aromatic rings. The van der Waals surface area contributed by atoms with Crippen LogP contribution in [0.25, 0.3) is 0 Å². The summed E-state index contributed by atoms with van der Waals surface area (Å²) >= 11 is 0. The van der Waals surface area contributed by atoms with Gasteiger partial charge in [0.1, 0.15) is 0 Å². The minimum absolute atomic E-state index is 1.04. The molecule has 0 heterocycles. The van der Waals surface area contributed by atoms with Gasteiger partial charge in [0.2, 0.25) is 0 Å². The van der Waals surface area contributed by atoms with Crippen molar-refractivity contribution in [3.63, 3.8) is 0 Å². The first-order valence-corrected chi connectivity index (χ1v) is 3.06. The van der Waals surface area contributed by atoms with E-state index in [4.69, 9.17) is 0 Å². The van der Waals surface area contributed by atoms with Crippen LogP contribution in [-0.2, 0) is 0 Å². The normalized spacial score (nSPS) is 36.4. The molecule has 1 atom stereocenters. The van der Waals surface area contributed by atoms with Gasteiger partial charge in [-0.05, 0) is 32.1 Å². The zero-order chi connectivity index (χ0) is 4.85. The predicted octanol–water partition coefficient (Wildman–Crippen LogP) is 2.12. The quantitative estimate of drug-likeness (QED) is 0.403. The van der Waals surface area contributed by atoms with E-state index in [2.05, 4.69) is 6.92 Å². The molecule has 0 aliphatic heterocycles. The summed E-state index contributed by atoms with van der Waals surface area (Å²) in [6, 6.07) is 0. The Bertz CT molecular complexity index is 127. The molecule has 0 aromatic heterocycles. The molecule has 0 saturated heterocycles. The predicted molar refractivity (Wildman–Crippen MR) is 30.0 cm³/mol. The molecular formula is C7H10. The second kappa shape index (κ2) is 0.936. The van der Waals surface area contributed by atoms with Crippen molar-refractivity contribution in [1.29, 1.82) is 0 Å². The highest BCUT2D eigenvalue weighted by molar-refractivity contribution is 5.32. The monoisotopic (exact) mass is 94.1 g/mol. The second-order valence-corrected chi connectivity index (χ2v) is 2.73. The second-order valence-electron chi connectivity index (χ2n) is 2.73. The fourth-order valence-electron chi connectivity index (χ4n) is 1.74. The van der Waals surface area contributed by atoms with Crippen LogP contribution in [0.15, 0.2) is 11.1 Å². The smallest absolute Gasteiger partial charge is 0.0163 e. The minimum atomic E-state index is 1.04. The van der Waals surface area contributed by atoms with E-state index in [1.807, 2.05) is 0 Å². The molecule has 0 amide bonds. The molecule has 1 unspecified atom stereocenters. The maximum Gasteiger partial charge on any atom is -0.0163 e. The van der Waals surface area contributed by atoms with Crippen LogP contribution in [0.3, 0.4) is 0 Å². The lowest BCUT2D eigenvalue weighted by molar-refractivity contribution is 0.614. The summed E-state index contributed by atoms with van der Waals surface area (Å²) in [5.74, 6) is 1.04. The first-order valence-electron chi connectivity index (χ1n) is 3.06. The fourth-order valence-corrected chi connectivity index (χ4v) is 1.74. The molecule has 1 fully saturated rings. The lowest BCUT2D eigenvalue weighted by Crippen LogP contribution is -2.03. The number of allylic oxidation sites excluding steroid dienone is 2. The molecule has 0 heteroatoms. The lowest BCUT2D eigenvalue weighted by Gasteiger charge is -2.18. The van der Waals surface area contributed by atoms with E-state index in [1.165, 1.54) is 19.3 Å². The van der Waals surface area contributed by atoms with Gasteiger partial charge in [0.25, 0.3) is 0 Å². The van der Waals surface area contributed by atoms with E-state index in [9.17, 15) is 0 Å². The van der Waals surface area contributed by atoms with Gasteiger partial charge in [-0.2, -0.15) is 0 Å². The van der Waals surface area contributed by atoms with E-state index in [0.29, 0.717) is 0 Å². The Balaban J connectivity index is 2.40. The third-order valence-corrected chi connectivity index (χ3v) is 2.46. The molecular weight excluding hydrogens is 84.1 g/mol. The molecule has 3 aliphatic rings. The largest absolute Gasteiger partial charge is 0.0707 e. The van der Waals surface area contributed by atoms with Crippen LogP contribution < -0.4 is 0 Å². The van der Waals surface area contributed by atoms with Crippen molar-refractivity contribution in [2.45, 2.75) is 26.2 Å². The van der Waals surface area contributed by atoms with Gasteiger partial charge in [0.05, 0.1) is 0 Å². The molecule has 0 radical (unpaired) electrons. The Kier molecular flexibility index (Phi) is 0.495. The Morgan fingerprint density at radius 3 is 2.57 bits per heavy atom. The van der Waals surface area contributed by atoms with E-state index in [-0.39, 0.29) is 0 Å².